The van der Waals surface area contributed by atoms with E-state index in [2.05, 4.69) is 5.32 Å². The first-order valence-corrected chi connectivity index (χ1v) is 9.72. The summed E-state index contributed by atoms with van der Waals surface area (Å²) in [6.07, 6.45) is 2.43. The zero-order valence-electron chi connectivity index (χ0n) is 16.6. The van der Waals surface area contributed by atoms with Crippen molar-refractivity contribution in [2.45, 2.75) is 33.2 Å². The minimum atomic E-state index is -1.53. The smallest absolute Gasteiger partial charge is 0.322 e. The third kappa shape index (κ3) is 5.13. The first kappa shape index (κ1) is 20.8. The first-order chi connectivity index (χ1) is 13.7. The molecule has 1 atom stereocenters. The van der Waals surface area contributed by atoms with E-state index in [0.717, 1.165) is 11.3 Å². The average Bonchev–Trinajstić information content (AvgIpc) is 3.48. The highest BCUT2D eigenvalue weighted by Crippen LogP contribution is 2.32. The zero-order chi connectivity index (χ0) is 21.2. The minimum Gasteiger partial charge on any atom is -0.493 e. The van der Waals surface area contributed by atoms with Gasteiger partial charge in [-0.15, -0.1) is 0 Å². The molecule has 1 aromatic carbocycles. The summed E-state index contributed by atoms with van der Waals surface area (Å²) in [5, 5.41) is 10.9. The molecule has 2 fully saturated rings. The molecule has 29 heavy (non-hydrogen) atoms. The molecule has 0 radical (unpaired) electrons. The van der Waals surface area contributed by atoms with Crippen LogP contribution in [0, 0.1) is 17.3 Å². The standard InChI is InChI=1S/C21H26N2O6/c1-21(2)12-23(20(28)17(18(21)26)19(27)22-9-16(24)25)10-13-5-7-15(8-6-13)29-11-14-3-4-14/h5-8,14,17H,3-4,9-12H2,1-2H3,(H,22,27)(H,24,25). The molecule has 1 saturated heterocycles. The number of carbonyl (C=O) groups is 4. The number of likely N-dealkylation sites (tertiary alicyclic amines) is 1. The lowest BCUT2D eigenvalue weighted by molar-refractivity contribution is -0.158. The van der Waals surface area contributed by atoms with Gasteiger partial charge >= 0.3 is 5.97 Å². The van der Waals surface area contributed by atoms with Gasteiger partial charge in [-0.25, -0.2) is 0 Å². The zero-order valence-corrected chi connectivity index (χ0v) is 16.6. The molecular weight excluding hydrogens is 376 g/mol. The lowest BCUT2D eigenvalue weighted by Crippen LogP contribution is -2.59. The van der Waals surface area contributed by atoms with Gasteiger partial charge in [0.25, 0.3) is 0 Å². The predicted molar refractivity (Wildman–Crippen MR) is 103 cm³/mol. The Kier molecular flexibility index (Phi) is 5.91. The van der Waals surface area contributed by atoms with Crippen LogP contribution in [0.1, 0.15) is 32.3 Å². The van der Waals surface area contributed by atoms with E-state index in [0.29, 0.717) is 12.5 Å². The molecule has 0 aromatic heterocycles. The van der Waals surface area contributed by atoms with Crippen molar-refractivity contribution < 1.29 is 29.0 Å². The average molecular weight is 402 g/mol. The van der Waals surface area contributed by atoms with Crippen molar-refractivity contribution >= 4 is 23.6 Å². The van der Waals surface area contributed by atoms with Gasteiger partial charge in [0.05, 0.1) is 6.61 Å². The van der Waals surface area contributed by atoms with Crippen molar-refractivity contribution in [3.05, 3.63) is 29.8 Å². The molecule has 1 aromatic rings. The predicted octanol–water partition coefficient (Wildman–Crippen LogP) is 1.23. The van der Waals surface area contributed by atoms with Gasteiger partial charge in [0.1, 0.15) is 12.3 Å². The Balaban J connectivity index is 1.68. The number of aliphatic carboxylic acids is 1. The molecule has 2 amide bonds. The molecular formula is C21H26N2O6. The molecule has 2 aliphatic rings. The van der Waals surface area contributed by atoms with Crippen LogP contribution < -0.4 is 10.1 Å². The van der Waals surface area contributed by atoms with E-state index in [4.69, 9.17) is 9.84 Å². The Bertz CT molecular complexity index is 813. The summed E-state index contributed by atoms with van der Waals surface area (Å²) in [6, 6.07) is 7.41. The molecule has 1 aliphatic heterocycles. The molecule has 3 rings (SSSR count). The number of carbonyl (C=O) groups excluding carboxylic acids is 3. The maximum absolute atomic E-state index is 12.8. The van der Waals surface area contributed by atoms with E-state index in [1.165, 1.54) is 17.7 Å². The highest BCUT2D eigenvalue weighted by Gasteiger charge is 2.49. The van der Waals surface area contributed by atoms with Gasteiger partial charge < -0.3 is 20.1 Å². The van der Waals surface area contributed by atoms with E-state index >= 15 is 0 Å². The van der Waals surface area contributed by atoms with Crippen LogP contribution in [0.5, 0.6) is 5.75 Å². The lowest BCUT2D eigenvalue weighted by Gasteiger charge is -2.40. The molecule has 8 heteroatoms. The highest BCUT2D eigenvalue weighted by molar-refractivity contribution is 6.21. The third-order valence-corrected chi connectivity index (χ3v) is 5.23. The normalized spacial score (nSPS) is 21.0. The van der Waals surface area contributed by atoms with Gasteiger partial charge in [0.15, 0.2) is 11.7 Å². The molecule has 156 valence electrons. The summed E-state index contributed by atoms with van der Waals surface area (Å²) in [4.78, 5) is 50.0. The van der Waals surface area contributed by atoms with Gasteiger partial charge in [-0.2, -0.15) is 0 Å². The number of hydrogen-bond donors (Lipinski definition) is 2. The molecule has 1 aliphatic carbocycles. The maximum atomic E-state index is 12.8. The summed E-state index contributed by atoms with van der Waals surface area (Å²) in [5.41, 5.74) is -0.0566. The van der Waals surface area contributed by atoms with Crippen LogP contribution in [-0.2, 0) is 25.7 Å². The number of benzene rings is 1. The van der Waals surface area contributed by atoms with Crippen LogP contribution in [-0.4, -0.2) is 53.3 Å². The Morgan fingerprint density at radius 2 is 1.86 bits per heavy atom. The Morgan fingerprint density at radius 1 is 1.21 bits per heavy atom. The second-order valence-corrected chi connectivity index (χ2v) is 8.39. The van der Waals surface area contributed by atoms with E-state index in [9.17, 15) is 19.2 Å². The van der Waals surface area contributed by atoms with Gasteiger partial charge in [0.2, 0.25) is 11.8 Å². The minimum absolute atomic E-state index is 0.188. The third-order valence-electron chi connectivity index (χ3n) is 5.23. The molecule has 8 nitrogen and oxygen atoms in total. The van der Waals surface area contributed by atoms with Crippen LogP contribution in [0.4, 0.5) is 0 Å². The van der Waals surface area contributed by atoms with E-state index in [-0.39, 0.29) is 13.1 Å². The molecule has 0 spiro atoms. The van der Waals surface area contributed by atoms with E-state index in [1.807, 2.05) is 24.3 Å². The largest absolute Gasteiger partial charge is 0.493 e. The van der Waals surface area contributed by atoms with Crippen molar-refractivity contribution in [1.82, 2.24) is 10.2 Å². The summed E-state index contributed by atoms with van der Waals surface area (Å²) < 4.78 is 5.71. The van der Waals surface area contributed by atoms with E-state index < -0.39 is 41.4 Å². The van der Waals surface area contributed by atoms with Crippen molar-refractivity contribution in [2.24, 2.45) is 17.3 Å². The van der Waals surface area contributed by atoms with Crippen LogP contribution in [0.2, 0.25) is 0 Å². The number of rotatable bonds is 8. The Labute approximate surface area is 169 Å². The topological polar surface area (TPSA) is 113 Å². The SMILES string of the molecule is CC1(C)CN(Cc2ccc(OCC3CC3)cc2)C(=O)C(C(=O)NCC(=O)O)C1=O. The molecule has 1 saturated carbocycles. The van der Waals surface area contributed by atoms with Crippen molar-refractivity contribution in [1.29, 1.82) is 0 Å². The number of piperidine rings is 1. The maximum Gasteiger partial charge on any atom is 0.322 e. The summed E-state index contributed by atoms with van der Waals surface area (Å²) in [6.45, 7) is 3.88. The number of ether oxygens (including phenoxy) is 1. The van der Waals surface area contributed by atoms with Gasteiger partial charge in [-0.1, -0.05) is 26.0 Å². The summed E-state index contributed by atoms with van der Waals surface area (Å²) >= 11 is 0. The van der Waals surface area contributed by atoms with Crippen molar-refractivity contribution in [3.8, 4) is 5.75 Å². The van der Waals surface area contributed by atoms with Crippen LogP contribution in [0.3, 0.4) is 0 Å². The highest BCUT2D eigenvalue weighted by atomic mass is 16.5. The second-order valence-electron chi connectivity index (χ2n) is 8.39. The summed E-state index contributed by atoms with van der Waals surface area (Å²) in [5.74, 6) is -3.31. The van der Waals surface area contributed by atoms with E-state index in [1.54, 1.807) is 13.8 Å². The number of carboxylic acids is 1. The fourth-order valence-electron chi connectivity index (χ4n) is 3.36. The summed E-state index contributed by atoms with van der Waals surface area (Å²) in [7, 11) is 0. The molecule has 2 N–H and O–H groups in total. The van der Waals surface area contributed by atoms with Gasteiger partial charge in [0, 0.05) is 18.5 Å². The fraction of sp³-hybridized carbons (Fsp3) is 0.524. The monoisotopic (exact) mass is 402 g/mol. The van der Waals surface area contributed by atoms with Crippen molar-refractivity contribution in [2.75, 3.05) is 19.7 Å². The number of carboxylic acid groups (broad SMARTS) is 1. The Morgan fingerprint density at radius 3 is 2.45 bits per heavy atom. The quantitative estimate of drug-likeness (QED) is 0.633. The number of hydrogen-bond acceptors (Lipinski definition) is 5. The second kappa shape index (κ2) is 8.23. The lowest BCUT2D eigenvalue weighted by atomic mass is 9.76. The molecule has 1 heterocycles. The van der Waals surface area contributed by atoms with Crippen LogP contribution in [0.15, 0.2) is 24.3 Å². The van der Waals surface area contributed by atoms with Gasteiger partial charge in [-0.05, 0) is 36.5 Å². The molecule has 1 unspecified atom stereocenters. The Hall–Kier alpha value is -2.90. The number of Topliss-reactive ketones (excluding diaryl/α,β-unsaturated/α-hetero) is 1. The number of nitrogens with zero attached hydrogens (tertiary/aromatic N) is 1. The van der Waals surface area contributed by atoms with Crippen LogP contribution in [0.25, 0.3) is 0 Å². The number of nitrogens with one attached hydrogen (secondary N) is 1. The first-order valence-electron chi connectivity index (χ1n) is 9.72. The molecule has 0 bridgehead atoms. The number of ketones is 1. The van der Waals surface area contributed by atoms with Gasteiger partial charge in [-0.3, -0.25) is 19.2 Å². The van der Waals surface area contributed by atoms with Crippen molar-refractivity contribution in [3.63, 3.8) is 0 Å². The van der Waals surface area contributed by atoms with Crippen LogP contribution >= 0.6 is 0 Å². The number of amides is 2. The fourth-order valence-corrected chi connectivity index (χ4v) is 3.36.